The summed E-state index contributed by atoms with van der Waals surface area (Å²) in [6, 6.07) is 8.25. The fourth-order valence-corrected chi connectivity index (χ4v) is 9.45. The van der Waals surface area contributed by atoms with Crippen LogP contribution in [0.5, 0.6) is 0 Å². The van der Waals surface area contributed by atoms with Gasteiger partial charge in [0.2, 0.25) is 0 Å². The molecule has 3 fully saturated rings. The van der Waals surface area contributed by atoms with E-state index >= 15 is 0 Å². The molecule has 0 bridgehead atoms. The molecule has 0 amide bonds. The van der Waals surface area contributed by atoms with E-state index in [9.17, 15) is 9.59 Å². The Hall–Kier alpha value is -1.55. The first kappa shape index (κ1) is 21.3. The van der Waals surface area contributed by atoms with Crippen molar-refractivity contribution >= 4 is 29.0 Å². The lowest BCUT2D eigenvalue weighted by atomic mass is 9.46. The van der Waals surface area contributed by atoms with E-state index in [-0.39, 0.29) is 16.7 Å². The molecule has 7 atom stereocenters. The standard InChI is InChI=1S/C27H35NO2S/c1-16(29)21-8-9-22-25-23(11-13-27(21,22)3)26(2)12-10-19(30)14-17(26)15-24(25)31-20-6-4-18(28)5-7-20/h4-7,14,21-25H,8-13,15,28H2,1-3H3/t21-,22+,23+,24?,25+,26+,27-/m1/s1. The summed E-state index contributed by atoms with van der Waals surface area (Å²) < 4.78 is 0. The minimum absolute atomic E-state index is 0.134. The van der Waals surface area contributed by atoms with Gasteiger partial charge in [0.05, 0.1) is 0 Å². The Morgan fingerprint density at radius 3 is 2.52 bits per heavy atom. The second kappa shape index (κ2) is 7.50. The zero-order chi connectivity index (χ0) is 22.0. The van der Waals surface area contributed by atoms with Gasteiger partial charge in [-0.05, 0) is 104 Å². The van der Waals surface area contributed by atoms with Gasteiger partial charge in [-0.3, -0.25) is 9.59 Å². The van der Waals surface area contributed by atoms with Gasteiger partial charge in [-0.15, -0.1) is 11.8 Å². The highest BCUT2D eigenvalue weighted by Gasteiger charge is 2.62. The summed E-state index contributed by atoms with van der Waals surface area (Å²) >= 11 is 1.98. The SMILES string of the molecule is CC(=O)[C@H]1CC[C@H]2[C@@H]3C(Sc4ccc(N)cc4)CC4=CC(=O)CC[C@]4(C)[C@H]3CC[C@]12C. The van der Waals surface area contributed by atoms with E-state index in [0.717, 1.165) is 31.4 Å². The van der Waals surface area contributed by atoms with Crippen molar-refractivity contribution < 1.29 is 9.59 Å². The van der Waals surface area contributed by atoms with Crippen LogP contribution in [-0.2, 0) is 9.59 Å². The average Bonchev–Trinajstić information content (AvgIpc) is 3.08. The highest BCUT2D eigenvalue weighted by Crippen LogP contribution is 2.68. The van der Waals surface area contributed by atoms with Crippen LogP contribution in [0.25, 0.3) is 0 Å². The summed E-state index contributed by atoms with van der Waals surface area (Å²) in [4.78, 5) is 26.1. The average molecular weight is 438 g/mol. The van der Waals surface area contributed by atoms with Gasteiger partial charge in [0.25, 0.3) is 0 Å². The largest absolute Gasteiger partial charge is 0.399 e. The molecule has 3 saturated carbocycles. The number of fused-ring (bicyclic) bond motifs is 5. The van der Waals surface area contributed by atoms with Crippen LogP contribution < -0.4 is 5.73 Å². The van der Waals surface area contributed by atoms with Gasteiger partial charge in [-0.2, -0.15) is 0 Å². The molecule has 0 aliphatic heterocycles. The van der Waals surface area contributed by atoms with Crippen molar-refractivity contribution in [1.29, 1.82) is 0 Å². The second-order valence-electron chi connectivity index (χ2n) is 11.1. The number of nitrogen functional groups attached to an aromatic ring is 1. The van der Waals surface area contributed by atoms with Crippen LogP contribution >= 0.6 is 11.8 Å². The Labute approximate surface area is 190 Å². The molecule has 1 aromatic rings. The molecular formula is C27H35NO2S. The molecule has 4 heteroatoms. The van der Waals surface area contributed by atoms with E-state index in [1.54, 1.807) is 6.92 Å². The van der Waals surface area contributed by atoms with Crippen LogP contribution in [0.2, 0.25) is 0 Å². The molecule has 1 unspecified atom stereocenters. The maximum absolute atomic E-state index is 12.5. The lowest BCUT2D eigenvalue weighted by Gasteiger charge is -2.60. The number of anilines is 1. The first-order valence-electron chi connectivity index (χ1n) is 12.0. The number of hydrogen-bond donors (Lipinski definition) is 1. The molecule has 0 aromatic heterocycles. The van der Waals surface area contributed by atoms with Gasteiger partial charge < -0.3 is 5.73 Å². The quantitative estimate of drug-likeness (QED) is 0.583. The summed E-state index contributed by atoms with van der Waals surface area (Å²) in [5.41, 5.74) is 8.40. The number of nitrogens with two attached hydrogens (primary N) is 1. The van der Waals surface area contributed by atoms with Gasteiger partial charge in [0, 0.05) is 28.2 Å². The molecule has 166 valence electrons. The summed E-state index contributed by atoms with van der Waals surface area (Å²) in [5, 5.41) is 0.453. The van der Waals surface area contributed by atoms with E-state index in [2.05, 4.69) is 26.0 Å². The monoisotopic (exact) mass is 437 g/mol. The fourth-order valence-electron chi connectivity index (χ4n) is 8.01. The first-order valence-corrected chi connectivity index (χ1v) is 12.9. The minimum Gasteiger partial charge on any atom is -0.399 e. The molecule has 2 N–H and O–H groups in total. The number of rotatable bonds is 3. The molecule has 0 spiro atoms. The second-order valence-corrected chi connectivity index (χ2v) is 12.4. The van der Waals surface area contributed by atoms with Crippen molar-refractivity contribution in [3.63, 3.8) is 0 Å². The van der Waals surface area contributed by atoms with E-state index in [1.165, 1.54) is 23.3 Å². The third-order valence-electron chi connectivity index (χ3n) is 9.62. The molecule has 0 heterocycles. The van der Waals surface area contributed by atoms with Crippen molar-refractivity contribution in [2.24, 2.45) is 34.5 Å². The number of Topliss-reactive ketones (excluding diaryl/α,β-unsaturated/α-hetero) is 1. The fraction of sp³-hybridized carbons (Fsp3) is 0.630. The Balaban J connectivity index is 1.55. The Morgan fingerprint density at radius 2 is 1.81 bits per heavy atom. The molecule has 0 saturated heterocycles. The predicted octanol–water partition coefficient (Wildman–Crippen LogP) is 6.08. The summed E-state index contributed by atoms with van der Waals surface area (Å²) in [6.45, 7) is 6.66. The van der Waals surface area contributed by atoms with Crippen LogP contribution in [0.1, 0.15) is 65.7 Å². The van der Waals surface area contributed by atoms with Gasteiger partial charge in [0.15, 0.2) is 5.78 Å². The van der Waals surface area contributed by atoms with Crippen LogP contribution in [0, 0.1) is 34.5 Å². The van der Waals surface area contributed by atoms with Gasteiger partial charge >= 0.3 is 0 Å². The van der Waals surface area contributed by atoms with E-state index in [0.29, 0.717) is 41.0 Å². The van der Waals surface area contributed by atoms with Crippen LogP contribution in [-0.4, -0.2) is 16.8 Å². The molecule has 5 rings (SSSR count). The highest BCUT2D eigenvalue weighted by molar-refractivity contribution is 8.00. The smallest absolute Gasteiger partial charge is 0.155 e. The lowest BCUT2D eigenvalue weighted by molar-refractivity contribution is -0.128. The van der Waals surface area contributed by atoms with Crippen LogP contribution in [0.3, 0.4) is 0 Å². The normalized spacial score (nSPS) is 41.7. The highest BCUT2D eigenvalue weighted by atomic mass is 32.2. The number of carbonyl (C=O) groups excluding carboxylic acids is 2. The number of carbonyl (C=O) groups is 2. The Morgan fingerprint density at radius 1 is 1.06 bits per heavy atom. The maximum atomic E-state index is 12.5. The number of benzene rings is 1. The van der Waals surface area contributed by atoms with E-state index < -0.39 is 0 Å². The molecule has 1 aromatic carbocycles. The predicted molar refractivity (Wildman–Crippen MR) is 127 cm³/mol. The summed E-state index contributed by atoms with van der Waals surface area (Å²) in [5.74, 6) is 2.72. The van der Waals surface area contributed by atoms with Crippen molar-refractivity contribution in [3.05, 3.63) is 35.9 Å². The molecule has 0 radical (unpaired) electrons. The van der Waals surface area contributed by atoms with E-state index in [4.69, 9.17) is 5.73 Å². The third-order valence-corrected chi connectivity index (χ3v) is 10.9. The number of hydrogen-bond acceptors (Lipinski definition) is 4. The van der Waals surface area contributed by atoms with Crippen molar-refractivity contribution in [2.45, 2.75) is 75.9 Å². The minimum atomic E-state index is 0.134. The Bertz CT molecular complexity index is 937. The Kier molecular flexibility index (Phi) is 5.16. The zero-order valence-corrected chi connectivity index (χ0v) is 19.8. The number of allylic oxidation sites excluding steroid dienone is 1. The molecule has 31 heavy (non-hydrogen) atoms. The maximum Gasteiger partial charge on any atom is 0.155 e. The van der Waals surface area contributed by atoms with E-state index in [1.807, 2.05) is 30.0 Å². The van der Waals surface area contributed by atoms with Crippen LogP contribution in [0.15, 0.2) is 40.8 Å². The summed E-state index contributed by atoms with van der Waals surface area (Å²) in [7, 11) is 0. The molecule has 4 aliphatic rings. The van der Waals surface area contributed by atoms with Crippen LogP contribution in [0.4, 0.5) is 5.69 Å². The van der Waals surface area contributed by atoms with Crippen molar-refractivity contribution in [1.82, 2.24) is 0 Å². The van der Waals surface area contributed by atoms with Gasteiger partial charge in [-0.1, -0.05) is 19.4 Å². The zero-order valence-electron chi connectivity index (χ0n) is 19.0. The third kappa shape index (κ3) is 3.32. The topological polar surface area (TPSA) is 60.2 Å². The lowest BCUT2D eigenvalue weighted by Crippen LogP contribution is -2.55. The van der Waals surface area contributed by atoms with Crippen molar-refractivity contribution in [3.8, 4) is 0 Å². The summed E-state index contributed by atoms with van der Waals surface area (Å²) in [6.07, 6.45) is 9.24. The van der Waals surface area contributed by atoms with Gasteiger partial charge in [0.1, 0.15) is 5.78 Å². The molecule has 3 nitrogen and oxygen atoms in total. The number of thioether (sulfide) groups is 1. The first-order chi connectivity index (χ1) is 14.7. The van der Waals surface area contributed by atoms with Gasteiger partial charge in [-0.25, -0.2) is 0 Å². The molecular weight excluding hydrogens is 402 g/mol. The molecule has 4 aliphatic carbocycles. The number of ketones is 2. The van der Waals surface area contributed by atoms with Crippen molar-refractivity contribution in [2.75, 3.05) is 5.73 Å².